The molecule has 2 aromatic heterocycles. The zero-order chi connectivity index (χ0) is 57.9. The molecule has 4 amide bonds. The molecule has 4 aromatic rings. The summed E-state index contributed by atoms with van der Waals surface area (Å²) >= 11 is 0. The van der Waals surface area contributed by atoms with Crippen LogP contribution in [-0.4, -0.2) is 147 Å². The fraction of sp³-hybridized carbons (Fsp3) is 0.422. The van der Waals surface area contributed by atoms with Crippen LogP contribution in [0.4, 0.5) is 10.6 Å². The Morgan fingerprint density at radius 3 is 2.16 bits per heavy atom. The highest BCUT2D eigenvalue weighted by Gasteiger charge is 2.41. The van der Waals surface area contributed by atoms with Crippen LogP contribution in [0.5, 0.6) is 0 Å². The van der Waals surface area contributed by atoms with Gasteiger partial charge in [-0.15, -0.1) is 0 Å². The molecule has 0 aliphatic heterocycles. The van der Waals surface area contributed by atoms with Crippen LogP contribution < -0.4 is 27.0 Å². The van der Waals surface area contributed by atoms with E-state index in [1.54, 1.807) is 0 Å². The second kappa shape index (κ2) is 30.0. The van der Waals surface area contributed by atoms with E-state index in [1.807, 2.05) is 48.5 Å². The topological polar surface area (TPSA) is 446 Å². The van der Waals surface area contributed by atoms with Crippen molar-refractivity contribution in [3.8, 4) is 23.0 Å². The van der Waals surface area contributed by atoms with E-state index < -0.39 is 97.4 Å². The van der Waals surface area contributed by atoms with Gasteiger partial charge in [-0.1, -0.05) is 88.4 Å². The number of nitrogens with two attached hydrogens (primary N) is 1. The van der Waals surface area contributed by atoms with Crippen LogP contribution in [-0.2, 0) is 67.0 Å². The highest BCUT2D eigenvalue weighted by Crippen LogP contribution is 2.66. The molecule has 1 aliphatic carbocycles. The van der Waals surface area contributed by atoms with E-state index in [-0.39, 0.29) is 78.3 Å². The van der Waals surface area contributed by atoms with E-state index in [9.17, 15) is 62.5 Å². The summed E-state index contributed by atoms with van der Waals surface area (Å²) in [5.41, 5.74) is 10.7. The van der Waals surface area contributed by atoms with E-state index in [2.05, 4.69) is 56.2 Å². The van der Waals surface area contributed by atoms with Gasteiger partial charge >= 0.3 is 41.5 Å². The van der Waals surface area contributed by atoms with Gasteiger partial charge in [0.2, 0.25) is 17.7 Å². The molecule has 1 aliphatic rings. The number of carboxylic acid groups (broad SMARTS) is 2. The molecule has 2 heterocycles. The summed E-state index contributed by atoms with van der Waals surface area (Å²) < 4.78 is 59.5. The van der Waals surface area contributed by atoms with Crippen molar-refractivity contribution >= 4 is 97.7 Å². The largest absolute Gasteiger partial charge is 0.490 e. The standard InChI is InChI=1S/C45H57N8O21P3S2/c1-27(54)36(23-72-76(66,67)74-77(68,69)73-75(63,64)65)71-26-53-21-28(40-41(46)49-25-50-42(40)53)10-9-18-47-37(55)16-19-78-79-24-35(43(59)48-17-8-2-3-15-38(56)51-34(44(60)61)20-39(57)58)52-45(62)70-22-33-31-13-6-4-11-29(31)30-12-5-7-14-32(30)33/h4-7,11-14,21,25,27,33-36,54H,2-3,8,15-20,22-24,26H2,1H3,(H,47,55)(H,48,59)(H,51,56)(H,52,62)(H,57,58)(H,60,61)(H,66,67)(H,68,69)(H2,46,49,50)(H2,63,64,65). The smallest absolute Gasteiger partial charge is 0.481 e. The van der Waals surface area contributed by atoms with Gasteiger partial charge in [-0.05, 0) is 42.0 Å². The van der Waals surface area contributed by atoms with Crippen molar-refractivity contribution in [2.24, 2.45) is 0 Å². The molecule has 5 rings (SSSR count). The van der Waals surface area contributed by atoms with Crippen LogP contribution in [0.3, 0.4) is 0 Å². The van der Waals surface area contributed by atoms with Crippen molar-refractivity contribution in [3.63, 3.8) is 0 Å². The number of aliphatic hydroxyl groups is 1. The summed E-state index contributed by atoms with van der Waals surface area (Å²) in [4.78, 5) is 119. The van der Waals surface area contributed by atoms with Gasteiger partial charge in [0.15, 0.2) is 0 Å². The SMILES string of the molecule is CC(O)C(COP(=O)(O)OP(=O)(O)OP(=O)(O)O)OCn1cc(C#CCNC(=O)CCSSCC(NC(=O)OCC2c3ccccc3-c3ccccc32)C(=O)NCCCCCC(=O)NC(CC(=O)O)C(=O)O)c2c(N)ncnc21. The number of alkyl carbamates (subject to hydrolysis) is 1. The molecule has 0 radical (unpaired) electrons. The Balaban J connectivity index is 1.10. The number of unbranched alkanes of at least 4 members (excludes halogenated alkanes) is 2. The molecule has 6 unspecified atom stereocenters. The minimum absolute atomic E-state index is 0.000648. The van der Waals surface area contributed by atoms with Crippen molar-refractivity contribution in [1.82, 2.24) is 35.8 Å². The molecule has 0 saturated carbocycles. The Morgan fingerprint density at radius 2 is 1.52 bits per heavy atom. The second-order valence-corrected chi connectivity index (χ2v) is 24.1. The molecule has 0 saturated heterocycles. The first kappa shape index (κ1) is 63.9. The predicted molar refractivity (Wildman–Crippen MR) is 283 cm³/mol. The van der Waals surface area contributed by atoms with Gasteiger partial charge in [0.05, 0.1) is 36.6 Å². The van der Waals surface area contributed by atoms with Crippen LogP contribution in [0.2, 0.25) is 0 Å². The molecular weight excluding hydrogens is 1150 g/mol. The maximum Gasteiger partial charge on any atom is 0.490 e. The number of anilines is 1. The van der Waals surface area contributed by atoms with Crippen molar-refractivity contribution in [3.05, 3.63) is 77.7 Å². The average molecular weight is 1200 g/mol. The predicted octanol–water partition coefficient (Wildman–Crippen LogP) is 2.95. The number of aliphatic hydroxyl groups excluding tert-OH is 1. The van der Waals surface area contributed by atoms with Gasteiger partial charge in [-0.25, -0.2) is 33.3 Å². The number of hydrogen-bond donors (Lipinski definition) is 12. The third-order valence-electron chi connectivity index (χ3n) is 11.1. The summed E-state index contributed by atoms with van der Waals surface area (Å²) in [5.74, 6) is 1.45. The number of amides is 4. The number of carboxylic acids is 2. The third-order valence-corrected chi connectivity index (χ3v) is 17.4. The first-order valence-corrected chi connectivity index (χ1v) is 30.6. The van der Waals surface area contributed by atoms with Crippen molar-refractivity contribution in [2.45, 2.75) is 82.4 Å². The molecule has 79 heavy (non-hydrogen) atoms. The fourth-order valence-electron chi connectivity index (χ4n) is 7.52. The number of phosphoric ester groups is 1. The Bertz CT molecular complexity index is 3000. The first-order chi connectivity index (χ1) is 37.3. The maximum absolute atomic E-state index is 13.5. The van der Waals surface area contributed by atoms with Crippen molar-refractivity contribution < 1.29 is 100.0 Å². The number of ether oxygens (including phenoxy) is 2. The van der Waals surface area contributed by atoms with Crippen LogP contribution in [0.1, 0.15) is 68.1 Å². The Hall–Kier alpha value is -5.93. The number of phosphoric acid groups is 3. The summed E-state index contributed by atoms with van der Waals surface area (Å²) in [6, 6.07) is 13.0. The summed E-state index contributed by atoms with van der Waals surface area (Å²) in [5, 5.41) is 38.9. The summed E-state index contributed by atoms with van der Waals surface area (Å²) in [7, 11) is -14.5. The monoisotopic (exact) mass is 1200 g/mol. The first-order valence-electron chi connectivity index (χ1n) is 23.6. The van der Waals surface area contributed by atoms with E-state index in [0.29, 0.717) is 19.3 Å². The summed E-state index contributed by atoms with van der Waals surface area (Å²) in [6.07, 6.45) is -0.657. The number of carbonyl (C=O) groups excluding carboxylic acids is 4. The number of nitrogens with zero attached hydrogens (tertiary/aromatic N) is 3. The number of benzene rings is 2. The minimum Gasteiger partial charge on any atom is -0.481 e. The Labute approximate surface area is 458 Å². The number of nitrogens with one attached hydrogen (secondary N) is 4. The molecule has 0 fully saturated rings. The molecule has 0 bridgehead atoms. The van der Waals surface area contributed by atoms with E-state index in [4.69, 9.17) is 30.1 Å². The second-order valence-electron chi connectivity index (χ2n) is 17.0. The van der Waals surface area contributed by atoms with Crippen molar-refractivity contribution in [1.29, 1.82) is 0 Å². The van der Waals surface area contributed by atoms with Gasteiger partial charge in [0, 0.05) is 43.0 Å². The van der Waals surface area contributed by atoms with Crippen LogP contribution >= 0.6 is 45.1 Å². The zero-order valence-electron chi connectivity index (χ0n) is 41.8. The number of aliphatic carboxylic acids is 2. The highest BCUT2D eigenvalue weighted by atomic mass is 33.1. The highest BCUT2D eigenvalue weighted by molar-refractivity contribution is 8.76. The molecule has 0 spiro atoms. The minimum atomic E-state index is -5.80. The lowest BCUT2D eigenvalue weighted by molar-refractivity contribution is -0.147. The van der Waals surface area contributed by atoms with Crippen LogP contribution in [0, 0.1) is 11.8 Å². The molecule has 6 atom stereocenters. The number of carbonyl (C=O) groups is 6. The van der Waals surface area contributed by atoms with Gasteiger partial charge in [0.25, 0.3) is 0 Å². The molecular formula is C45H57N8O21P3S2. The maximum atomic E-state index is 13.5. The number of aromatic nitrogens is 3. The Morgan fingerprint density at radius 1 is 0.835 bits per heavy atom. The molecule has 13 N–H and O–H groups in total. The molecule has 430 valence electrons. The van der Waals surface area contributed by atoms with Crippen molar-refractivity contribution in [2.75, 3.05) is 43.5 Å². The van der Waals surface area contributed by atoms with E-state index in [0.717, 1.165) is 28.6 Å². The van der Waals surface area contributed by atoms with Gasteiger partial charge in [-0.3, -0.25) is 23.7 Å². The van der Waals surface area contributed by atoms with Crippen LogP contribution in [0.15, 0.2) is 61.1 Å². The van der Waals surface area contributed by atoms with Crippen LogP contribution in [0.25, 0.3) is 22.2 Å². The Kier molecular flexibility index (Phi) is 24.3. The number of fused-ring (bicyclic) bond motifs is 4. The molecule has 2 aromatic carbocycles. The number of nitrogen functional groups attached to an aromatic ring is 1. The number of hydrogen-bond acceptors (Lipinski definition) is 20. The molecule has 34 heteroatoms. The lowest BCUT2D eigenvalue weighted by Gasteiger charge is -2.22. The molecule has 29 nitrogen and oxygen atoms in total. The zero-order valence-corrected chi connectivity index (χ0v) is 46.1. The van der Waals surface area contributed by atoms with Gasteiger partial charge in [0.1, 0.15) is 49.3 Å². The van der Waals surface area contributed by atoms with E-state index >= 15 is 0 Å². The third kappa shape index (κ3) is 20.9. The van der Waals surface area contributed by atoms with Gasteiger partial charge in [-0.2, -0.15) is 8.62 Å². The summed E-state index contributed by atoms with van der Waals surface area (Å²) in [6.45, 7) is -0.0976. The average Bonchev–Trinajstić information content (AvgIpc) is 4.07. The quantitative estimate of drug-likeness (QED) is 0.0145. The number of rotatable bonds is 32. The normalized spacial score (nSPS) is 15.1. The lowest BCUT2D eigenvalue weighted by Crippen LogP contribution is -2.48. The lowest BCUT2D eigenvalue weighted by atomic mass is 9.98. The van der Waals surface area contributed by atoms with Gasteiger partial charge < -0.3 is 75.9 Å². The fourth-order valence-corrected chi connectivity index (χ4v) is 12.7. The van der Waals surface area contributed by atoms with E-state index in [1.165, 1.54) is 39.3 Å².